The van der Waals surface area contributed by atoms with Crippen LogP contribution in [0.4, 0.5) is 0 Å². The molecule has 2 aliphatic rings. The molecule has 3 nitrogen and oxygen atoms in total. The van der Waals surface area contributed by atoms with E-state index in [0.717, 1.165) is 39.1 Å². The Bertz CT molecular complexity index is 433. The molecule has 0 saturated carbocycles. The summed E-state index contributed by atoms with van der Waals surface area (Å²) in [6.45, 7) is 5.84. The number of nitrogens with zero attached hydrogens (tertiary/aromatic N) is 1. The van der Waals surface area contributed by atoms with Crippen LogP contribution in [0.3, 0.4) is 0 Å². The molecule has 0 aromatic heterocycles. The summed E-state index contributed by atoms with van der Waals surface area (Å²) >= 11 is 0. The van der Waals surface area contributed by atoms with E-state index >= 15 is 0 Å². The summed E-state index contributed by atoms with van der Waals surface area (Å²) in [5.41, 5.74) is 9.31. The lowest BCUT2D eigenvalue weighted by molar-refractivity contribution is -0.0302. The van der Waals surface area contributed by atoms with Gasteiger partial charge in [0, 0.05) is 25.2 Å². The van der Waals surface area contributed by atoms with Gasteiger partial charge in [0.05, 0.1) is 6.10 Å². The molecule has 1 fully saturated rings. The highest BCUT2D eigenvalue weighted by atomic mass is 16.5. The van der Waals surface area contributed by atoms with Crippen LogP contribution in [-0.4, -0.2) is 42.8 Å². The van der Waals surface area contributed by atoms with E-state index in [4.69, 9.17) is 10.5 Å². The molecular formula is C17H26N2O. The Kier molecular flexibility index (Phi) is 4.11. The summed E-state index contributed by atoms with van der Waals surface area (Å²) in [5.74, 6) is 0. The standard InChI is InChI=1S/C17H26N2O/c1-2-20-16-8-5-9-19(12-16)17(13-18)10-14-6-3-4-7-15(14)11-17/h3-4,6-7,16H,2,5,8-13,18H2,1H3. The van der Waals surface area contributed by atoms with Gasteiger partial charge in [-0.1, -0.05) is 24.3 Å². The van der Waals surface area contributed by atoms with Gasteiger partial charge in [-0.3, -0.25) is 4.90 Å². The zero-order chi connectivity index (χ0) is 14.0. The van der Waals surface area contributed by atoms with E-state index < -0.39 is 0 Å². The number of fused-ring (bicyclic) bond motifs is 1. The number of likely N-dealkylation sites (tertiary alicyclic amines) is 1. The van der Waals surface area contributed by atoms with Crippen LogP contribution in [0.2, 0.25) is 0 Å². The van der Waals surface area contributed by atoms with Crippen LogP contribution in [0.5, 0.6) is 0 Å². The van der Waals surface area contributed by atoms with E-state index in [-0.39, 0.29) is 5.54 Å². The highest BCUT2D eigenvalue weighted by molar-refractivity contribution is 5.36. The van der Waals surface area contributed by atoms with Crippen LogP contribution in [0.1, 0.15) is 30.9 Å². The van der Waals surface area contributed by atoms with Crippen molar-refractivity contribution in [2.45, 2.75) is 44.2 Å². The largest absolute Gasteiger partial charge is 0.377 e. The van der Waals surface area contributed by atoms with E-state index in [1.165, 1.54) is 24.0 Å². The van der Waals surface area contributed by atoms with Crippen LogP contribution in [0, 0.1) is 0 Å². The van der Waals surface area contributed by atoms with Crippen molar-refractivity contribution in [1.82, 2.24) is 4.90 Å². The van der Waals surface area contributed by atoms with Gasteiger partial charge in [-0.2, -0.15) is 0 Å². The van der Waals surface area contributed by atoms with Gasteiger partial charge in [0.2, 0.25) is 0 Å². The van der Waals surface area contributed by atoms with E-state index in [0.29, 0.717) is 6.10 Å². The van der Waals surface area contributed by atoms with Crippen molar-refractivity contribution in [3.8, 4) is 0 Å². The molecule has 0 radical (unpaired) electrons. The molecule has 0 amide bonds. The maximum atomic E-state index is 6.22. The molecule has 3 rings (SSSR count). The minimum atomic E-state index is 0.124. The van der Waals surface area contributed by atoms with Crippen molar-refractivity contribution in [2.75, 3.05) is 26.2 Å². The molecule has 3 heteroatoms. The van der Waals surface area contributed by atoms with Crippen LogP contribution < -0.4 is 5.73 Å². The Morgan fingerprint density at radius 3 is 2.60 bits per heavy atom. The summed E-state index contributed by atoms with van der Waals surface area (Å²) in [7, 11) is 0. The summed E-state index contributed by atoms with van der Waals surface area (Å²) in [4.78, 5) is 2.61. The number of hydrogen-bond donors (Lipinski definition) is 1. The van der Waals surface area contributed by atoms with Crippen molar-refractivity contribution < 1.29 is 4.74 Å². The fraction of sp³-hybridized carbons (Fsp3) is 0.647. The Morgan fingerprint density at radius 1 is 1.30 bits per heavy atom. The second-order valence-electron chi connectivity index (χ2n) is 6.22. The van der Waals surface area contributed by atoms with Gasteiger partial charge in [-0.25, -0.2) is 0 Å². The maximum Gasteiger partial charge on any atom is 0.0702 e. The fourth-order valence-electron chi connectivity index (χ4n) is 3.91. The first-order valence-corrected chi connectivity index (χ1v) is 7.91. The van der Waals surface area contributed by atoms with Crippen molar-refractivity contribution in [2.24, 2.45) is 5.73 Å². The first-order valence-electron chi connectivity index (χ1n) is 7.91. The average Bonchev–Trinajstić information content (AvgIpc) is 2.88. The topological polar surface area (TPSA) is 38.5 Å². The summed E-state index contributed by atoms with van der Waals surface area (Å²) in [5, 5.41) is 0. The second kappa shape index (κ2) is 5.84. The van der Waals surface area contributed by atoms with E-state index in [2.05, 4.69) is 36.1 Å². The number of hydrogen-bond acceptors (Lipinski definition) is 3. The van der Waals surface area contributed by atoms with Gasteiger partial charge in [0.1, 0.15) is 0 Å². The quantitative estimate of drug-likeness (QED) is 0.912. The number of ether oxygens (including phenoxy) is 1. The zero-order valence-electron chi connectivity index (χ0n) is 12.5. The predicted octanol–water partition coefficient (Wildman–Crippen LogP) is 1.98. The molecule has 1 aromatic carbocycles. The smallest absolute Gasteiger partial charge is 0.0702 e. The summed E-state index contributed by atoms with van der Waals surface area (Å²) in [6.07, 6.45) is 5.00. The Morgan fingerprint density at radius 2 is 2.00 bits per heavy atom. The van der Waals surface area contributed by atoms with Gasteiger partial charge < -0.3 is 10.5 Å². The summed E-state index contributed by atoms with van der Waals surface area (Å²) < 4.78 is 5.86. The predicted molar refractivity (Wildman–Crippen MR) is 81.9 cm³/mol. The summed E-state index contributed by atoms with van der Waals surface area (Å²) in [6, 6.07) is 8.81. The molecule has 0 spiro atoms. The molecule has 0 bridgehead atoms. The third kappa shape index (κ3) is 2.50. The van der Waals surface area contributed by atoms with Crippen LogP contribution in [0.15, 0.2) is 24.3 Å². The molecule has 1 unspecified atom stereocenters. The Hall–Kier alpha value is -0.900. The zero-order valence-corrected chi connectivity index (χ0v) is 12.5. The SMILES string of the molecule is CCOC1CCCN(C2(CN)Cc3ccccc3C2)C1. The molecule has 1 aliphatic carbocycles. The van der Waals surface area contributed by atoms with Gasteiger partial charge in [0.15, 0.2) is 0 Å². The molecule has 1 heterocycles. The molecule has 2 N–H and O–H groups in total. The monoisotopic (exact) mass is 274 g/mol. The number of rotatable bonds is 4. The molecule has 1 saturated heterocycles. The van der Waals surface area contributed by atoms with E-state index in [9.17, 15) is 0 Å². The van der Waals surface area contributed by atoms with Crippen molar-refractivity contribution in [3.05, 3.63) is 35.4 Å². The molecule has 110 valence electrons. The molecule has 20 heavy (non-hydrogen) atoms. The third-order valence-corrected chi connectivity index (χ3v) is 4.99. The third-order valence-electron chi connectivity index (χ3n) is 4.99. The number of nitrogens with two attached hydrogens (primary N) is 1. The molecular weight excluding hydrogens is 248 g/mol. The fourth-order valence-corrected chi connectivity index (χ4v) is 3.91. The lowest BCUT2D eigenvalue weighted by atomic mass is 9.90. The minimum Gasteiger partial charge on any atom is -0.377 e. The van der Waals surface area contributed by atoms with Crippen LogP contribution >= 0.6 is 0 Å². The maximum absolute atomic E-state index is 6.22. The van der Waals surface area contributed by atoms with Crippen molar-refractivity contribution in [1.29, 1.82) is 0 Å². The average molecular weight is 274 g/mol. The van der Waals surface area contributed by atoms with E-state index in [1.54, 1.807) is 0 Å². The Labute approximate surface area is 122 Å². The highest BCUT2D eigenvalue weighted by Crippen LogP contribution is 2.35. The Balaban J connectivity index is 1.77. The number of benzene rings is 1. The molecule has 1 atom stereocenters. The number of piperidine rings is 1. The van der Waals surface area contributed by atoms with Gasteiger partial charge in [-0.05, 0) is 50.3 Å². The first kappa shape index (κ1) is 14.1. The van der Waals surface area contributed by atoms with Crippen molar-refractivity contribution in [3.63, 3.8) is 0 Å². The molecule has 1 aromatic rings. The lowest BCUT2D eigenvalue weighted by Gasteiger charge is -2.45. The first-order chi connectivity index (χ1) is 9.77. The van der Waals surface area contributed by atoms with E-state index in [1.807, 2.05) is 0 Å². The highest BCUT2D eigenvalue weighted by Gasteiger charge is 2.42. The molecule has 1 aliphatic heterocycles. The van der Waals surface area contributed by atoms with Crippen molar-refractivity contribution >= 4 is 0 Å². The van der Waals surface area contributed by atoms with Gasteiger partial charge in [0.25, 0.3) is 0 Å². The van der Waals surface area contributed by atoms with Gasteiger partial charge >= 0.3 is 0 Å². The lowest BCUT2D eigenvalue weighted by Crippen LogP contribution is -2.59. The van der Waals surface area contributed by atoms with Crippen LogP contribution in [0.25, 0.3) is 0 Å². The van der Waals surface area contributed by atoms with Gasteiger partial charge in [-0.15, -0.1) is 0 Å². The second-order valence-corrected chi connectivity index (χ2v) is 6.22. The van der Waals surface area contributed by atoms with Crippen LogP contribution in [-0.2, 0) is 17.6 Å². The normalized spacial score (nSPS) is 25.6. The minimum absolute atomic E-state index is 0.124.